The lowest BCUT2D eigenvalue weighted by Crippen LogP contribution is -2.49. The molecule has 1 aliphatic heterocycles. The minimum Gasteiger partial charge on any atom is -0.359 e. The van der Waals surface area contributed by atoms with Crippen LogP contribution in [0.4, 0.5) is 0 Å². The molecule has 0 saturated carbocycles. The van der Waals surface area contributed by atoms with Crippen molar-refractivity contribution in [2.75, 3.05) is 39.4 Å². The highest BCUT2D eigenvalue weighted by Gasteiger charge is 2.23. The van der Waals surface area contributed by atoms with Gasteiger partial charge in [-0.1, -0.05) is 18.2 Å². The highest BCUT2D eigenvalue weighted by Crippen LogP contribution is 2.30. The number of nitrogens with zero attached hydrogens (tertiary/aromatic N) is 2. The summed E-state index contributed by atoms with van der Waals surface area (Å²) in [6.07, 6.45) is 0. The van der Waals surface area contributed by atoms with E-state index in [1.165, 1.54) is 0 Å². The van der Waals surface area contributed by atoms with E-state index in [9.17, 15) is 14.5 Å². The molecule has 7 heteroatoms. The van der Waals surface area contributed by atoms with Gasteiger partial charge in [-0.3, -0.25) is 14.3 Å². The Hall–Kier alpha value is -1.49. The Morgan fingerprint density at radius 3 is 2.38 bits per heavy atom. The smallest absolute Gasteiger partial charge is 0.251 e. The SMILES string of the molecule is CP(O)N1CCN(C(=O)CNC(=O)c2ccccc2)CC1. The summed E-state index contributed by atoms with van der Waals surface area (Å²) in [5, 5.41) is 2.64. The van der Waals surface area contributed by atoms with Crippen molar-refractivity contribution in [3.63, 3.8) is 0 Å². The highest BCUT2D eigenvalue weighted by molar-refractivity contribution is 7.48. The van der Waals surface area contributed by atoms with Crippen LogP contribution in [0.1, 0.15) is 10.4 Å². The number of amides is 2. The molecule has 1 aliphatic rings. The molecule has 1 heterocycles. The number of piperazine rings is 1. The van der Waals surface area contributed by atoms with Gasteiger partial charge in [0.2, 0.25) is 5.91 Å². The van der Waals surface area contributed by atoms with E-state index in [2.05, 4.69) is 5.32 Å². The van der Waals surface area contributed by atoms with E-state index in [0.717, 1.165) is 0 Å². The Kier molecular flexibility index (Phi) is 5.67. The minimum absolute atomic E-state index is 0.00768. The summed E-state index contributed by atoms with van der Waals surface area (Å²) in [5.41, 5.74) is 0.548. The first-order valence-corrected chi connectivity index (χ1v) is 8.56. The maximum Gasteiger partial charge on any atom is 0.251 e. The second kappa shape index (κ2) is 7.50. The van der Waals surface area contributed by atoms with Crippen molar-refractivity contribution < 1.29 is 14.5 Å². The number of hydrogen-bond acceptors (Lipinski definition) is 4. The average molecular weight is 309 g/mol. The third kappa shape index (κ3) is 4.49. The van der Waals surface area contributed by atoms with E-state index in [4.69, 9.17) is 0 Å². The Morgan fingerprint density at radius 2 is 1.81 bits per heavy atom. The number of rotatable bonds is 4. The third-order valence-electron chi connectivity index (χ3n) is 3.45. The van der Waals surface area contributed by atoms with Crippen LogP contribution in [0.3, 0.4) is 0 Å². The van der Waals surface area contributed by atoms with Crippen LogP contribution in [-0.4, -0.2) is 65.7 Å². The van der Waals surface area contributed by atoms with E-state index in [0.29, 0.717) is 31.7 Å². The second-order valence-corrected chi connectivity index (χ2v) is 6.42. The van der Waals surface area contributed by atoms with Crippen LogP contribution in [0.25, 0.3) is 0 Å². The molecule has 1 atom stereocenters. The summed E-state index contributed by atoms with van der Waals surface area (Å²) in [6, 6.07) is 8.83. The number of hydrogen-bond donors (Lipinski definition) is 2. The van der Waals surface area contributed by atoms with Gasteiger partial charge in [0.25, 0.3) is 5.91 Å². The Balaban J connectivity index is 1.77. The van der Waals surface area contributed by atoms with Gasteiger partial charge in [0.15, 0.2) is 0 Å². The summed E-state index contributed by atoms with van der Waals surface area (Å²) in [7, 11) is -1.08. The van der Waals surface area contributed by atoms with Crippen LogP contribution in [0.2, 0.25) is 0 Å². The quantitative estimate of drug-likeness (QED) is 0.794. The van der Waals surface area contributed by atoms with Crippen molar-refractivity contribution in [2.45, 2.75) is 0 Å². The largest absolute Gasteiger partial charge is 0.359 e. The second-order valence-electron chi connectivity index (χ2n) is 4.87. The molecule has 1 fully saturated rings. The Morgan fingerprint density at radius 1 is 1.19 bits per heavy atom. The molecular weight excluding hydrogens is 289 g/mol. The van der Waals surface area contributed by atoms with Crippen LogP contribution in [0.5, 0.6) is 0 Å². The summed E-state index contributed by atoms with van der Waals surface area (Å²) in [6.45, 7) is 4.33. The molecule has 0 aliphatic carbocycles. The lowest BCUT2D eigenvalue weighted by molar-refractivity contribution is -0.131. The lowest BCUT2D eigenvalue weighted by atomic mass is 10.2. The Labute approximate surface area is 125 Å². The van der Waals surface area contributed by atoms with E-state index in [1.807, 2.05) is 10.7 Å². The molecule has 6 nitrogen and oxygen atoms in total. The molecular formula is C14H20N3O3P. The molecule has 1 aromatic rings. The summed E-state index contributed by atoms with van der Waals surface area (Å²) in [5.74, 6) is -0.327. The zero-order valence-electron chi connectivity index (χ0n) is 12.0. The van der Waals surface area contributed by atoms with Gasteiger partial charge in [-0.15, -0.1) is 0 Å². The number of nitrogens with one attached hydrogen (secondary N) is 1. The zero-order chi connectivity index (χ0) is 15.2. The molecule has 2 rings (SSSR count). The van der Waals surface area contributed by atoms with E-state index < -0.39 is 8.30 Å². The van der Waals surface area contributed by atoms with Crippen LogP contribution >= 0.6 is 8.30 Å². The molecule has 2 amide bonds. The van der Waals surface area contributed by atoms with Gasteiger partial charge in [0, 0.05) is 31.7 Å². The predicted molar refractivity (Wildman–Crippen MR) is 82.0 cm³/mol. The minimum atomic E-state index is -1.08. The first-order valence-electron chi connectivity index (χ1n) is 6.86. The van der Waals surface area contributed by atoms with E-state index >= 15 is 0 Å². The van der Waals surface area contributed by atoms with Gasteiger partial charge in [-0.25, -0.2) is 0 Å². The molecule has 114 valence electrons. The van der Waals surface area contributed by atoms with E-state index in [1.54, 1.807) is 35.8 Å². The van der Waals surface area contributed by atoms with Crippen molar-refractivity contribution in [3.8, 4) is 0 Å². The predicted octanol–water partition coefficient (Wildman–Crippen LogP) is 0.495. The molecule has 0 radical (unpaired) electrons. The van der Waals surface area contributed by atoms with Crippen molar-refractivity contribution in [3.05, 3.63) is 35.9 Å². The first-order chi connectivity index (χ1) is 10.1. The fraction of sp³-hybridized carbons (Fsp3) is 0.429. The monoisotopic (exact) mass is 309 g/mol. The maximum absolute atomic E-state index is 12.0. The summed E-state index contributed by atoms with van der Waals surface area (Å²) < 4.78 is 1.97. The zero-order valence-corrected chi connectivity index (χ0v) is 12.9. The topological polar surface area (TPSA) is 72.9 Å². The third-order valence-corrected chi connectivity index (χ3v) is 4.67. The fourth-order valence-electron chi connectivity index (χ4n) is 2.19. The Bertz CT molecular complexity index is 487. The highest BCUT2D eigenvalue weighted by atomic mass is 31.2. The van der Waals surface area contributed by atoms with Crippen LogP contribution in [0.15, 0.2) is 30.3 Å². The molecule has 1 aromatic carbocycles. The number of carbonyl (C=O) groups excluding carboxylic acids is 2. The molecule has 0 bridgehead atoms. The van der Waals surface area contributed by atoms with Gasteiger partial charge in [0.05, 0.1) is 14.8 Å². The van der Waals surface area contributed by atoms with Crippen LogP contribution < -0.4 is 5.32 Å². The molecule has 1 unspecified atom stereocenters. The van der Waals surface area contributed by atoms with Gasteiger partial charge in [-0.2, -0.15) is 0 Å². The molecule has 0 aromatic heterocycles. The summed E-state index contributed by atoms with van der Waals surface area (Å²) >= 11 is 0. The van der Waals surface area contributed by atoms with Gasteiger partial charge in [0.1, 0.15) is 0 Å². The molecule has 2 N–H and O–H groups in total. The van der Waals surface area contributed by atoms with Crippen molar-refractivity contribution in [1.29, 1.82) is 0 Å². The van der Waals surface area contributed by atoms with Crippen molar-refractivity contribution in [1.82, 2.24) is 14.9 Å². The normalized spacial score (nSPS) is 17.3. The molecule has 1 saturated heterocycles. The van der Waals surface area contributed by atoms with Gasteiger partial charge in [-0.05, 0) is 18.8 Å². The molecule has 21 heavy (non-hydrogen) atoms. The van der Waals surface area contributed by atoms with Crippen LogP contribution in [0, 0.1) is 0 Å². The average Bonchev–Trinajstić information content (AvgIpc) is 2.53. The maximum atomic E-state index is 12.0. The fourth-order valence-corrected chi connectivity index (χ4v) is 2.95. The van der Waals surface area contributed by atoms with Gasteiger partial charge < -0.3 is 15.1 Å². The molecule has 0 spiro atoms. The van der Waals surface area contributed by atoms with E-state index in [-0.39, 0.29) is 18.4 Å². The standard InChI is InChI=1S/C14H20N3O3P/c1-21(20)17-9-7-16(8-10-17)13(18)11-15-14(19)12-5-3-2-4-6-12/h2-6,20H,7-11H2,1H3,(H,15,19). The van der Waals surface area contributed by atoms with Crippen LogP contribution in [-0.2, 0) is 4.79 Å². The van der Waals surface area contributed by atoms with Crippen molar-refractivity contribution >= 4 is 20.1 Å². The summed E-state index contributed by atoms with van der Waals surface area (Å²) in [4.78, 5) is 35.2. The number of carbonyl (C=O) groups is 2. The first kappa shape index (κ1) is 15.9. The van der Waals surface area contributed by atoms with Gasteiger partial charge >= 0.3 is 0 Å². The lowest BCUT2D eigenvalue weighted by Gasteiger charge is -2.35. The number of benzene rings is 1. The van der Waals surface area contributed by atoms with Crippen molar-refractivity contribution in [2.24, 2.45) is 0 Å².